The minimum atomic E-state index is -3.93. The molecule has 3 aromatic rings. The molecule has 1 amide bonds. The highest BCUT2D eigenvalue weighted by Gasteiger charge is 2.23. The maximum absolute atomic E-state index is 13.0. The van der Waals surface area contributed by atoms with Crippen LogP contribution < -0.4 is 9.60 Å². The van der Waals surface area contributed by atoms with Gasteiger partial charge in [-0.15, -0.1) is 0 Å². The lowest BCUT2D eigenvalue weighted by molar-refractivity contribution is 0.0725. The molecule has 9 heteroatoms. The van der Waals surface area contributed by atoms with Gasteiger partial charge in [0.2, 0.25) is 0 Å². The zero-order chi connectivity index (χ0) is 21.3. The number of hydrogen-bond donors (Lipinski definition) is 1. The smallest absolute Gasteiger partial charge is 0.308 e. The molecule has 158 valence electrons. The summed E-state index contributed by atoms with van der Waals surface area (Å²) in [5.74, 6) is -0.165. The summed E-state index contributed by atoms with van der Waals surface area (Å²) in [7, 11) is -3.93. The highest BCUT2D eigenvalue weighted by Crippen LogP contribution is 2.26. The first-order valence-corrected chi connectivity index (χ1v) is 12.2. The Morgan fingerprint density at radius 3 is 2.57 bits per heavy atom. The first-order valence-electron chi connectivity index (χ1n) is 9.95. The summed E-state index contributed by atoms with van der Waals surface area (Å²) in [4.78, 5) is 26.7. The predicted molar refractivity (Wildman–Crippen MR) is 119 cm³/mol. The monoisotopic (exact) mass is 445 g/mol. The lowest BCUT2D eigenvalue weighted by Gasteiger charge is -2.27. The van der Waals surface area contributed by atoms with Crippen molar-refractivity contribution in [2.75, 3.05) is 17.8 Å². The molecule has 1 N–H and O–H groups in total. The standard InChI is InChI=1S/C21H23N3O4S2/c1-2-24-18-11-10-15(14-19(18)29-21(24)26)30(27,28)22-17-9-5-4-8-16(17)20(25)23-12-6-3-7-13-23/h4-5,8-11,14,22H,2-3,6-7,12-13H2,1H3. The lowest BCUT2D eigenvalue weighted by atomic mass is 10.1. The Balaban J connectivity index is 1.66. The summed E-state index contributed by atoms with van der Waals surface area (Å²) >= 11 is 1.02. The second kappa shape index (κ2) is 8.23. The average molecular weight is 446 g/mol. The van der Waals surface area contributed by atoms with Gasteiger partial charge >= 0.3 is 4.87 Å². The molecule has 7 nitrogen and oxygen atoms in total. The summed E-state index contributed by atoms with van der Waals surface area (Å²) in [6, 6.07) is 11.3. The van der Waals surface area contributed by atoms with Crippen molar-refractivity contribution < 1.29 is 13.2 Å². The number of hydrogen-bond acceptors (Lipinski definition) is 5. The van der Waals surface area contributed by atoms with E-state index < -0.39 is 10.0 Å². The van der Waals surface area contributed by atoms with Gasteiger partial charge < -0.3 is 4.90 Å². The van der Waals surface area contributed by atoms with Gasteiger partial charge in [0.05, 0.1) is 26.4 Å². The van der Waals surface area contributed by atoms with Gasteiger partial charge in [0, 0.05) is 19.6 Å². The third kappa shape index (κ3) is 3.87. The summed E-state index contributed by atoms with van der Waals surface area (Å²) in [5, 5.41) is 0. The molecule has 0 atom stereocenters. The van der Waals surface area contributed by atoms with E-state index in [-0.39, 0.29) is 21.4 Å². The molecule has 0 aliphatic carbocycles. The number of carbonyl (C=O) groups is 1. The molecule has 1 fully saturated rings. The van der Waals surface area contributed by atoms with Crippen molar-refractivity contribution in [2.45, 2.75) is 37.6 Å². The number of benzene rings is 2. The van der Waals surface area contributed by atoms with Crippen molar-refractivity contribution in [3.05, 3.63) is 57.7 Å². The molecular weight excluding hydrogens is 422 g/mol. The molecule has 30 heavy (non-hydrogen) atoms. The number of sulfonamides is 1. The number of carbonyl (C=O) groups excluding carboxylic acids is 1. The largest absolute Gasteiger partial charge is 0.339 e. The second-order valence-corrected chi connectivity index (χ2v) is 9.92. The number of aryl methyl sites for hydroxylation is 1. The summed E-state index contributed by atoms with van der Waals surface area (Å²) in [6.45, 7) is 3.76. The molecule has 1 aliphatic heterocycles. The van der Waals surface area contributed by atoms with Gasteiger partial charge in [-0.25, -0.2) is 8.42 Å². The number of piperidine rings is 1. The molecule has 2 aromatic carbocycles. The van der Waals surface area contributed by atoms with Crippen molar-refractivity contribution in [3.63, 3.8) is 0 Å². The molecular formula is C21H23N3O4S2. The Morgan fingerprint density at radius 2 is 1.83 bits per heavy atom. The average Bonchev–Trinajstić information content (AvgIpc) is 3.08. The van der Waals surface area contributed by atoms with Gasteiger partial charge in [-0.05, 0) is 56.5 Å². The van der Waals surface area contributed by atoms with Crippen LogP contribution >= 0.6 is 11.3 Å². The Bertz CT molecular complexity index is 1250. The number of fused-ring (bicyclic) bond motifs is 1. The van der Waals surface area contributed by atoms with E-state index in [4.69, 9.17) is 0 Å². The van der Waals surface area contributed by atoms with Crippen molar-refractivity contribution >= 4 is 43.2 Å². The number of anilines is 1. The Morgan fingerprint density at radius 1 is 1.10 bits per heavy atom. The highest BCUT2D eigenvalue weighted by atomic mass is 32.2. The normalized spacial score (nSPS) is 14.8. The molecule has 4 rings (SSSR count). The molecule has 1 saturated heterocycles. The van der Waals surface area contributed by atoms with Crippen LogP contribution in [0.4, 0.5) is 5.69 Å². The fraction of sp³-hybridized carbons (Fsp3) is 0.333. The van der Waals surface area contributed by atoms with Crippen LogP contribution in [0, 0.1) is 0 Å². The van der Waals surface area contributed by atoms with Gasteiger partial charge in [-0.1, -0.05) is 23.5 Å². The van der Waals surface area contributed by atoms with Crippen LogP contribution in [-0.4, -0.2) is 36.9 Å². The highest BCUT2D eigenvalue weighted by molar-refractivity contribution is 7.92. The maximum Gasteiger partial charge on any atom is 0.308 e. The number of thiazole rings is 1. The topological polar surface area (TPSA) is 88.5 Å². The van der Waals surface area contributed by atoms with E-state index in [0.717, 1.165) is 30.6 Å². The van der Waals surface area contributed by atoms with E-state index in [0.29, 0.717) is 35.4 Å². The van der Waals surface area contributed by atoms with Crippen LogP contribution in [0.3, 0.4) is 0 Å². The Hall–Kier alpha value is -2.65. The third-order valence-electron chi connectivity index (χ3n) is 5.31. The maximum atomic E-state index is 13.0. The second-order valence-electron chi connectivity index (χ2n) is 7.25. The molecule has 0 radical (unpaired) electrons. The molecule has 1 aromatic heterocycles. The van der Waals surface area contributed by atoms with E-state index in [1.54, 1.807) is 39.8 Å². The summed E-state index contributed by atoms with van der Waals surface area (Å²) < 4.78 is 30.9. The first-order chi connectivity index (χ1) is 14.4. The zero-order valence-electron chi connectivity index (χ0n) is 16.6. The Kier molecular flexibility index (Phi) is 5.66. The van der Waals surface area contributed by atoms with Crippen LogP contribution in [0.2, 0.25) is 0 Å². The summed E-state index contributed by atoms with van der Waals surface area (Å²) in [6.07, 6.45) is 3.02. The fourth-order valence-electron chi connectivity index (χ4n) is 3.74. The van der Waals surface area contributed by atoms with Crippen LogP contribution in [0.15, 0.2) is 52.2 Å². The van der Waals surface area contributed by atoms with Crippen LogP contribution in [0.25, 0.3) is 10.2 Å². The SMILES string of the molecule is CCn1c(=O)sc2cc(S(=O)(=O)Nc3ccccc3C(=O)N3CCCCC3)ccc21. The molecule has 0 bridgehead atoms. The van der Waals surface area contributed by atoms with E-state index in [1.807, 2.05) is 6.92 Å². The third-order valence-corrected chi connectivity index (χ3v) is 7.62. The molecule has 0 spiro atoms. The minimum Gasteiger partial charge on any atom is -0.339 e. The van der Waals surface area contributed by atoms with Gasteiger partial charge in [0.15, 0.2) is 0 Å². The lowest BCUT2D eigenvalue weighted by Crippen LogP contribution is -2.36. The molecule has 0 unspecified atom stereocenters. The van der Waals surface area contributed by atoms with Gasteiger partial charge in [0.25, 0.3) is 15.9 Å². The summed E-state index contributed by atoms with van der Waals surface area (Å²) in [5.41, 5.74) is 1.31. The fourth-order valence-corrected chi connectivity index (χ4v) is 5.92. The van der Waals surface area contributed by atoms with Crippen molar-refractivity contribution in [1.82, 2.24) is 9.47 Å². The van der Waals surface area contributed by atoms with Crippen LogP contribution in [0.1, 0.15) is 36.5 Å². The number of aromatic nitrogens is 1. The van der Waals surface area contributed by atoms with Gasteiger partial charge in [-0.3, -0.25) is 18.9 Å². The van der Waals surface area contributed by atoms with Gasteiger partial charge in [-0.2, -0.15) is 0 Å². The predicted octanol–water partition coefficient (Wildman–Crippen LogP) is 3.51. The molecule has 1 aliphatic rings. The van der Waals surface area contributed by atoms with E-state index >= 15 is 0 Å². The minimum absolute atomic E-state index is 0.0553. The molecule has 2 heterocycles. The quantitative estimate of drug-likeness (QED) is 0.651. The number of amides is 1. The Labute approximate surface area is 179 Å². The van der Waals surface area contributed by atoms with Crippen molar-refractivity contribution in [3.8, 4) is 0 Å². The number of rotatable bonds is 5. The molecule has 0 saturated carbocycles. The van der Waals surface area contributed by atoms with E-state index in [9.17, 15) is 18.0 Å². The van der Waals surface area contributed by atoms with Crippen molar-refractivity contribution in [2.24, 2.45) is 0 Å². The van der Waals surface area contributed by atoms with Crippen LogP contribution in [0.5, 0.6) is 0 Å². The van der Waals surface area contributed by atoms with Crippen molar-refractivity contribution in [1.29, 1.82) is 0 Å². The number of nitrogens with one attached hydrogen (secondary N) is 1. The zero-order valence-corrected chi connectivity index (χ0v) is 18.3. The first kappa shape index (κ1) is 20.6. The van der Waals surface area contributed by atoms with E-state index in [1.165, 1.54) is 12.1 Å². The number of para-hydroxylation sites is 1. The van der Waals surface area contributed by atoms with Crippen LogP contribution in [-0.2, 0) is 16.6 Å². The number of nitrogens with zero attached hydrogens (tertiary/aromatic N) is 2. The van der Waals surface area contributed by atoms with Gasteiger partial charge in [0.1, 0.15) is 0 Å². The number of likely N-dealkylation sites (tertiary alicyclic amines) is 1. The van der Waals surface area contributed by atoms with E-state index in [2.05, 4.69) is 4.72 Å².